The summed E-state index contributed by atoms with van der Waals surface area (Å²) in [5.74, 6) is -0.286. The van der Waals surface area contributed by atoms with Crippen molar-refractivity contribution in [2.24, 2.45) is 0 Å². The van der Waals surface area contributed by atoms with Crippen molar-refractivity contribution in [2.75, 3.05) is 5.75 Å². The van der Waals surface area contributed by atoms with E-state index in [0.29, 0.717) is 17.3 Å². The number of halogens is 1. The largest absolute Gasteiger partial charge is 0.353 e. The Morgan fingerprint density at radius 3 is 2.47 bits per heavy atom. The molecule has 30 heavy (non-hydrogen) atoms. The molecule has 0 unspecified atom stereocenters. The molecule has 0 aliphatic rings. The third kappa shape index (κ3) is 5.93. The molecular weight excluding hydrogens is 403 g/mol. The molecule has 1 aromatic heterocycles. The van der Waals surface area contributed by atoms with Crippen molar-refractivity contribution in [3.63, 3.8) is 0 Å². The molecule has 156 valence electrons. The summed E-state index contributed by atoms with van der Waals surface area (Å²) in [6.07, 6.45) is 3.48. The van der Waals surface area contributed by atoms with E-state index in [2.05, 4.69) is 15.6 Å². The van der Waals surface area contributed by atoms with Gasteiger partial charge in [0.05, 0.1) is 5.75 Å². The summed E-state index contributed by atoms with van der Waals surface area (Å²) in [4.78, 5) is 28.5. The van der Waals surface area contributed by atoms with Crippen LogP contribution in [0, 0.1) is 5.82 Å². The lowest BCUT2D eigenvalue weighted by Crippen LogP contribution is -2.31. The Morgan fingerprint density at radius 2 is 1.80 bits per heavy atom. The summed E-state index contributed by atoms with van der Waals surface area (Å²) in [5.41, 5.74) is 2.18. The van der Waals surface area contributed by atoms with Gasteiger partial charge in [-0.25, -0.2) is 9.37 Å². The number of carbonyl (C=O) groups excluding carboxylic acids is 2. The smallest absolute Gasteiger partial charge is 0.251 e. The highest BCUT2D eigenvalue weighted by Gasteiger charge is 2.11. The second-order valence-corrected chi connectivity index (χ2v) is 7.89. The number of aromatic nitrogens is 2. The monoisotopic (exact) mass is 426 g/mol. The number of imidazole rings is 1. The average molecular weight is 427 g/mol. The van der Waals surface area contributed by atoms with Gasteiger partial charge in [0, 0.05) is 36.2 Å². The number of hydrogen-bond acceptors (Lipinski definition) is 4. The van der Waals surface area contributed by atoms with Crippen molar-refractivity contribution in [3.8, 4) is 5.69 Å². The van der Waals surface area contributed by atoms with E-state index in [1.807, 2.05) is 36.7 Å². The van der Waals surface area contributed by atoms with E-state index in [4.69, 9.17) is 0 Å². The lowest BCUT2D eigenvalue weighted by Gasteiger charge is -2.10. The van der Waals surface area contributed by atoms with E-state index in [9.17, 15) is 14.0 Å². The molecule has 6 nitrogen and oxygen atoms in total. The SMILES string of the molecule is CC(C)NC(=O)CSc1nccn1-c1ccc(C(=O)NCc2ccc(F)cc2)cc1. The minimum atomic E-state index is -0.307. The van der Waals surface area contributed by atoms with E-state index >= 15 is 0 Å². The highest BCUT2D eigenvalue weighted by molar-refractivity contribution is 7.99. The normalized spacial score (nSPS) is 10.8. The van der Waals surface area contributed by atoms with Gasteiger partial charge >= 0.3 is 0 Å². The van der Waals surface area contributed by atoms with Crippen LogP contribution in [-0.4, -0.2) is 33.2 Å². The molecule has 1 heterocycles. The topological polar surface area (TPSA) is 76.0 Å². The van der Waals surface area contributed by atoms with Crippen molar-refractivity contribution in [1.82, 2.24) is 20.2 Å². The Balaban J connectivity index is 1.60. The molecule has 0 radical (unpaired) electrons. The Kier molecular flexibility index (Phi) is 7.24. The van der Waals surface area contributed by atoms with E-state index in [1.54, 1.807) is 30.5 Å². The van der Waals surface area contributed by atoms with E-state index in [1.165, 1.54) is 23.9 Å². The van der Waals surface area contributed by atoms with Gasteiger partial charge in [-0.2, -0.15) is 0 Å². The van der Waals surface area contributed by atoms with Crippen LogP contribution in [0.1, 0.15) is 29.8 Å². The molecule has 2 aromatic carbocycles. The van der Waals surface area contributed by atoms with Crippen molar-refractivity contribution < 1.29 is 14.0 Å². The van der Waals surface area contributed by atoms with Crippen LogP contribution in [0.25, 0.3) is 5.69 Å². The Hall–Kier alpha value is -3.13. The van der Waals surface area contributed by atoms with Crippen molar-refractivity contribution in [3.05, 3.63) is 77.9 Å². The van der Waals surface area contributed by atoms with Gasteiger partial charge in [-0.1, -0.05) is 23.9 Å². The van der Waals surface area contributed by atoms with E-state index < -0.39 is 0 Å². The maximum atomic E-state index is 13.0. The fourth-order valence-corrected chi connectivity index (χ4v) is 3.53. The molecule has 0 bridgehead atoms. The van der Waals surface area contributed by atoms with Crippen LogP contribution in [0.5, 0.6) is 0 Å². The van der Waals surface area contributed by atoms with Crippen molar-refractivity contribution in [2.45, 2.75) is 31.6 Å². The van der Waals surface area contributed by atoms with Gasteiger partial charge in [-0.15, -0.1) is 0 Å². The molecule has 8 heteroatoms. The van der Waals surface area contributed by atoms with Crippen molar-refractivity contribution >= 4 is 23.6 Å². The van der Waals surface area contributed by atoms with Crippen LogP contribution in [0.15, 0.2) is 66.1 Å². The zero-order chi connectivity index (χ0) is 21.5. The molecule has 0 fully saturated rings. The predicted octanol–water partition coefficient (Wildman–Crippen LogP) is 3.56. The minimum absolute atomic E-state index is 0.0438. The van der Waals surface area contributed by atoms with Gasteiger partial charge in [-0.05, 0) is 55.8 Å². The number of rotatable bonds is 8. The Morgan fingerprint density at radius 1 is 1.10 bits per heavy atom. The lowest BCUT2D eigenvalue weighted by molar-refractivity contribution is -0.119. The lowest BCUT2D eigenvalue weighted by atomic mass is 10.1. The second-order valence-electron chi connectivity index (χ2n) is 6.95. The summed E-state index contributed by atoms with van der Waals surface area (Å²) >= 11 is 1.35. The molecule has 0 saturated heterocycles. The molecule has 0 aliphatic heterocycles. The van der Waals surface area contributed by atoms with Crippen LogP contribution >= 0.6 is 11.8 Å². The molecule has 2 amide bonds. The van der Waals surface area contributed by atoms with Crippen molar-refractivity contribution in [1.29, 1.82) is 0 Å². The summed E-state index contributed by atoms with van der Waals surface area (Å²) < 4.78 is 14.8. The third-order valence-corrected chi connectivity index (χ3v) is 5.13. The van der Waals surface area contributed by atoms with E-state index in [0.717, 1.165) is 11.3 Å². The molecule has 0 saturated carbocycles. The summed E-state index contributed by atoms with van der Waals surface area (Å²) in [6.45, 7) is 4.16. The first-order valence-electron chi connectivity index (χ1n) is 9.51. The van der Waals surface area contributed by atoms with Crippen LogP contribution in [0.2, 0.25) is 0 Å². The number of thioether (sulfide) groups is 1. The maximum Gasteiger partial charge on any atom is 0.251 e. The highest BCUT2D eigenvalue weighted by Crippen LogP contribution is 2.20. The van der Waals surface area contributed by atoms with Crippen LogP contribution in [0.3, 0.4) is 0 Å². The first-order chi connectivity index (χ1) is 14.4. The Bertz CT molecular complexity index is 1000. The first-order valence-corrected chi connectivity index (χ1v) is 10.5. The molecule has 3 rings (SSSR count). The number of benzene rings is 2. The Labute approximate surface area is 178 Å². The molecular formula is C22H23FN4O2S. The van der Waals surface area contributed by atoms with Gasteiger partial charge in [0.15, 0.2) is 5.16 Å². The molecule has 0 spiro atoms. The molecule has 2 N–H and O–H groups in total. The average Bonchev–Trinajstić information content (AvgIpc) is 3.20. The number of hydrogen-bond donors (Lipinski definition) is 2. The first kappa shape index (κ1) is 21.6. The highest BCUT2D eigenvalue weighted by atomic mass is 32.2. The van der Waals surface area contributed by atoms with Crippen LogP contribution < -0.4 is 10.6 Å². The third-order valence-electron chi connectivity index (χ3n) is 4.16. The van der Waals surface area contributed by atoms with Crippen LogP contribution in [-0.2, 0) is 11.3 Å². The summed E-state index contributed by atoms with van der Waals surface area (Å²) in [6, 6.07) is 13.2. The predicted molar refractivity (Wildman–Crippen MR) is 115 cm³/mol. The second kappa shape index (κ2) is 10.1. The van der Waals surface area contributed by atoms with Crippen LogP contribution in [0.4, 0.5) is 4.39 Å². The maximum absolute atomic E-state index is 13.0. The van der Waals surface area contributed by atoms with Gasteiger partial charge in [0.1, 0.15) is 5.82 Å². The fourth-order valence-electron chi connectivity index (χ4n) is 2.75. The molecule has 0 atom stereocenters. The molecule has 0 aliphatic carbocycles. The van der Waals surface area contributed by atoms with Gasteiger partial charge in [0.25, 0.3) is 5.91 Å². The number of nitrogens with one attached hydrogen (secondary N) is 2. The number of carbonyl (C=O) groups is 2. The van der Waals surface area contributed by atoms with Gasteiger partial charge in [0.2, 0.25) is 5.91 Å². The van der Waals surface area contributed by atoms with E-state index in [-0.39, 0.29) is 29.4 Å². The quantitative estimate of drug-likeness (QED) is 0.540. The summed E-state index contributed by atoms with van der Waals surface area (Å²) in [7, 11) is 0. The molecule has 3 aromatic rings. The zero-order valence-electron chi connectivity index (χ0n) is 16.8. The standard InChI is InChI=1S/C22H23FN4O2S/c1-15(2)26-20(28)14-30-22-24-11-12-27(22)19-9-5-17(6-10-19)21(29)25-13-16-3-7-18(23)8-4-16/h3-12,15H,13-14H2,1-2H3,(H,25,29)(H,26,28). The number of amides is 2. The van der Waals surface area contributed by atoms with Gasteiger partial charge in [-0.3, -0.25) is 14.2 Å². The summed E-state index contributed by atoms with van der Waals surface area (Å²) in [5, 5.41) is 6.37. The minimum Gasteiger partial charge on any atom is -0.353 e. The fraction of sp³-hybridized carbons (Fsp3) is 0.227. The number of nitrogens with zero attached hydrogens (tertiary/aromatic N) is 2. The van der Waals surface area contributed by atoms with Gasteiger partial charge < -0.3 is 10.6 Å². The zero-order valence-corrected chi connectivity index (χ0v) is 17.6.